The molecule has 2 aromatic carbocycles. The molecule has 0 aliphatic carbocycles. The number of aliphatic hydroxyl groups is 1. The summed E-state index contributed by atoms with van der Waals surface area (Å²) in [5.41, 5.74) is 1.18. The molecule has 1 fully saturated rings. The van der Waals surface area contributed by atoms with Crippen molar-refractivity contribution in [2.45, 2.75) is 46.1 Å². The summed E-state index contributed by atoms with van der Waals surface area (Å²) in [6.07, 6.45) is 2.68. The number of aromatic nitrogens is 1. The number of carbonyl (C=O) groups excluding carboxylic acids is 3. The minimum atomic E-state index is -1.01. The minimum Gasteiger partial charge on any atom is -0.507 e. The number of anilines is 1. The van der Waals surface area contributed by atoms with E-state index >= 15 is 0 Å². The van der Waals surface area contributed by atoms with Gasteiger partial charge in [-0.3, -0.25) is 14.5 Å². The van der Waals surface area contributed by atoms with Crippen molar-refractivity contribution in [3.8, 4) is 11.5 Å². The fourth-order valence-corrected chi connectivity index (χ4v) is 5.32. The number of hydrogen-bond acceptors (Lipinski definition) is 9. The van der Waals surface area contributed by atoms with Crippen molar-refractivity contribution in [1.82, 2.24) is 4.98 Å². The molecule has 1 unspecified atom stereocenters. The zero-order valence-electron chi connectivity index (χ0n) is 22.9. The quantitative estimate of drug-likeness (QED) is 0.102. The Morgan fingerprint density at radius 3 is 2.42 bits per heavy atom. The summed E-state index contributed by atoms with van der Waals surface area (Å²) in [5.74, 6) is -1.45. The molecule has 0 saturated carbocycles. The molecule has 4 rings (SSSR count). The van der Waals surface area contributed by atoms with Crippen LogP contribution in [0.1, 0.15) is 65.6 Å². The average Bonchev–Trinajstić information content (AvgIpc) is 3.48. The summed E-state index contributed by atoms with van der Waals surface area (Å²) in [6, 6.07) is 12.7. The molecule has 0 bridgehead atoms. The molecule has 1 aromatic heterocycles. The molecule has 2 heterocycles. The number of amides is 1. The predicted octanol–water partition coefficient (Wildman–Crippen LogP) is 5.83. The smallest absolute Gasteiger partial charge is 0.350 e. The van der Waals surface area contributed by atoms with Gasteiger partial charge in [-0.1, -0.05) is 43.7 Å². The third kappa shape index (κ3) is 5.86. The second-order valence-corrected chi connectivity index (χ2v) is 10.2. The van der Waals surface area contributed by atoms with Crippen molar-refractivity contribution < 1.29 is 33.7 Å². The highest BCUT2D eigenvalue weighted by Crippen LogP contribution is 2.44. The van der Waals surface area contributed by atoms with E-state index in [2.05, 4.69) is 11.9 Å². The topological polar surface area (TPSA) is 115 Å². The summed E-state index contributed by atoms with van der Waals surface area (Å²) in [7, 11) is 1.26. The number of carbonyl (C=O) groups is 3. The van der Waals surface area contributed by atoms with Crippen LogP contribution in [-0.2, 0) is 14.3 Å². The second kappa shape index (κ2) is 12.8. The van der Waals surface area contributed by atoms with Crippen molar-refractivity contribution in [3.63, 3.8) is 0 Å². The molecule has 0 radical (unpaired) electrons. The summed E-state index contributed by atoms with van der Waals surface area (Å²) in [4.78, 5) is 45.1. The number of ether oxygens (including phenoxy) is 3. The van der Waals surface area contributed by atoms with Crippen molar-refractivity contribution in [3.05, 3.63) is 75.8 Å². The molecule has 1 amide bonds. The Labute approximate surface area is 237 Å². The number of rotatable bonds is 11. The number of unbranched alkanes of at least 4 members (excludes halogenated alkanes) is 1. The summed E-state index contributed by atoms with van der Waals surface area (Å²) < 4.78 is 16.4. The molecule has 1 saturated heterocycles. The van der Waals surface area contributed by atoms with Gasteiger partial charge in [-0.15, -0.1) is 0 Å². The number of ketones is 1. The van der Waals surface area contributed by atoms with Gasteiger partial charge in [-0.25, -0.2) is 9.78 Å². The zero-order chi connectivity index (χ0) is 28.8. The third-order valence-corrected chi connectivity index (χ3v) is 7.48. The number of esters is 1. The van der Waals surface area contributed by atoms with Crippen molar-refractivity contribution in [2.24, 2.45) is 0 Å². The number of aryl methyl sites for hydroxylation is 1. The first-order valence-electron chi connectivity index (χ1n) is 13.1. The number of nitrogens with zero attached hydrogens (tertiary/aromatic N) is 2. The Hall–Kier alpha value is -4.18. The van der Waals surface area contributed by atoms with Crippen LogP contribution in [0.15, 0.2) is 54.1 Å². The van der Waals surface area contributed by atoms with E-state index in [0.717, 1.165) is 30.6 Å². The molecule has 1 aliphatic heterocycles. The first kappa shape index (κ1) is 28.8. The normalized spacial score (nSPS) is 16.3. The summed E-state index contributed by atoms with van der Waals surface area (Å²) in [6.45, 7) is 6.76. The van der Waals surface area contributed by atoms with E-state index in [4.69, 9.17) is 14.2 Å². The predicted molar refractivity (Wildman–Crippen MR) is 152 cm³/mol. The maximum Gasteiger partial charge on any atom is 0.350 e. The van der Waals surface area contributed by atoms with Crippen molar-refractivity contribution >= 4 is 39.9 Å². The number of Topliss-reactive ketones (excluding diaryl/α,β-unsaturated/α-hetero) is 1. The van der Waals surface area contributed by atoms with Crippen LogP contribution in [0, 0.1) is 6.92 Å². The number of thiazole rings is 1. The van der Waals surface area contributed by atoms with Gasteiger partial charge in [-0.2, -0.15) is 0 Å². The molecular formula is C30H32N2O7S. The fourth-order valence-electron chi connectivity index (χ4n) is 4.31. The molecule has 1 aliphatic rings. The van der Waals surface area contributed by atoms with E-state index in [1.54, 1.807) is 55.5 Å². The van der Waals surface area contributed by atoms with Gasteiger partial charge in [0.1, 0.15) is 22.1 Å². The summed E-state index contributed by atoms with van der Waals surface area (Å²) >= 11 is 0.949. The molecule has 10 heteroatoms. The van der Waals surface area contributed by atoms with Crippen LogP contribution in [0.3, 0.4) is 0 Å². The average molecular weight is 565 g/mol. The van der Waals surface area contributed by atoms with Gasteiger partial charge in [0.25, 0.3) is 5.78 Å². The standard InChI is InChI=1S/C30H32N2O7S/c1-5-7-16-39-22-10-8-9-20(17-22)24-23(25(33)19-11-13-21(14-12-19)38-15-6-2)26(34)28(35)32(24)30-31-18(3)27(40-30)29(36)37-4/h8-14,17,24,33H,5-7,15-16H2,1-4H3/b25-23+. The first-order valence-corrected chi connectivity index (χ1v) is 13.9. The van der Waals surface area contributed by atoms with Crippen LogP contribution in [0.25, 0.3) is 5.76 Å². The lowest BCUT2D eigenvalue weighted by Crippen LogP contribution is -2.29. The molecule has 1 N–H and O–H groups in total. The Bertz CT molecular complexity index is 1430. The van der Waals surface area contributed by atoms with Gasteiger partial charge in [0.2, 0.25) is 0 Å². The van der Waals surface area contributed by atoms with E-state index in [9.17, 15) is 19.5 Å². The van der Waals surface area contributed by atoms with E-state index in [0.29, 0.717) is 41.5 Å². The van der Waals surface area contributed by atoms with Gasteiger partial charge in [0.05, 0.1) is 37.6 Å². The van der Waals surface area contributed by atoms with Crippen LogP contribution < -0.4 is 14.4 Å². The number of hydrogen-bond donors (Lipinski definition) is 1. The molecule has 40 heavy (non-hydrogen) atoms. The van der Waals surface area contributed by atoms with E-state index in [-0.39, 0.29) is 21.3 Å². The zero-order valence-corrected chi connectivity index (χ0v) is 23.7. The molecule has 1 atom stereocenters. The van der Waals surface area contributed by atoms with Gasteiger partial charge >= 0.3 is 11.9 Å². The van der Waals surface area contributed by atoms with E-state index in [1.165, 1.54) is 12.0 Å². The van der Waals surface area contributed by atoms with Crippen LogP contribution in [0.4, 0.5) is 5.13 Å². The lowest BCUT2D eigenvalue weighted by Gasteiger charge is -2.23. The van der Waals surface area contributed by atoms with Gasteiger partial charge in [0.15, 0.2) is 5.13 Å². The van der Waals surface area contributed by atoms with Crippen LogP contribution >= 0.6 is 11.3 Å². The van der Waals surface area contributed by atoms with E-state index < -0.39 is 23.7 Å². The largest absolute Gasteiger partial charge is 0.507 e. The molecule has 210 valence electrons. The molecule has 0 spiro atoms. The van der Waals surface area contributed by atoms with Gasteiger partial charge < -0.3 is 19.3 Å². The fraction of sp³-hybridized carbons (Fsp3) is 0.333. The number of benzene rings is 2. The Kier molecular flexibility index (Phi) is 9.21. The summed E-state index contributed by atoms with van der Waals surface area (Å²) in [5, 5.41) is 11.6. The third-order valence-electron chi connectivity index (χ3n) is 6.35. The molecule has 3 aromatic rings. The van der Waals surface area contributed by atoms with Crippen molar-refractivity contribution in [2.75, 3.05) is 25.2 Å². The van der Waals surface area contributed by atoms with E-state index in [1.807, 2.05) is 6.92 Å². The maximum absolute atomic E-state index is 13.5. The Morgan fingerprint density at radius 1 is 1.02 bits per heavy atom. The number of aliphatic hydroxyl groups excluding tert-OH is 1. The maximum atomic E-state index is 13.5. The SMILES string of the molecule is CCCCOc1cccc(C2/C(=C(\O)c3ccc(OCCC)cc3)C(=O)C(=O)N2c2nc(C)c(C(=O)OC)s2)c1. The molecular weight excluding hydrogens is 532 g/mol. The highest BCUT2D eigenvalue weighted by atomic mass is 32.1. The second-order valence-electron chi connectivity index (χ2n) is 9.22. The van der Waals surface area contributed by atoms with Gasteiger partial charge in [-0.05, 0) is 61.7 Å². The monoisotopic (exact) mass is 564 g/mol. The lowest BCUT2D eigenvalue weighted by atomic mass is 9.95. The number of methoxy groups -OCH3 is 1. The van der Waals surface area contributed by atoms with Crippen molar-refractivity contribution in [1.29, 1.82) is 0 Å². The Morgan fingerprint density at radius 2 is 1.75 bits per heavy atom. The highest BCUT2D eigenvalue weighted by Gasteiger charge is 2.48. The minimum absolute atomic E-state index is 0.0922. The lowest BCUT2D eigenvalue weighted by molar-refractivity contribution is -0.132. The molecule has 9 nitrogen and oxygen atoms in total. The highest BCUT2D eigenvalue weighted by molar-refractivity contribution is 7.17. The van der Waals surface area contributed by atoms with Crippen LogP contribution in [-0.4, -0.2) is 48.1 Å². The van der Waals surface area contributed by atoms with Crippen LogP contribution in [0.5, 0.6) is 11.5 Å². The van der Waals surface area contributed by atoms with Crippen LogP contribution in [0.2, 0.25) is 0 Å². The Balaban J connectivity index is 1.84. The van der Waals surface area contributed by atoms with Gasteiger partial charge in [0, 0.05) is 5.56 Å². The first-order chi connectivity index (χ1) is 19.3.